The Labute approximate surface area is 105 Å². The Bertz CT molecular complexity index is 306. The van der Waals surface area contributed by atoms with Gasteiger partial charge in [0.25, 0.3) is 0 Å². The molecule has 1 unspecified atom stereocenters. The summed E-state index contributed by atoms with van der Waals surface area (Å²) in [5, 5.41) is 3.48. The first-order valence-electron chi connectivity index (χ1n) is 6.56. The second kappa shape index (κ2) is 7.33. The van der Waals surface area contributed by atoms with Gasteiger partial charge in [0.05, 0.1) is 0 Å². The quantitative estimate of drug-likeness (QED) is 0.755. The van der Waals surface area contributed by atoms with E-state index in [1.807, 2.05) is 6.20 Å². The number of anilines is 1. The van der Waals surface area contributed by atoms with E-state index in [9.17, 15) is 0 Å². The van der Waals surface area contributed by atoms with Crippen molar-refractivity contribution in [3.8, 4) is 0 Å². The molecule has 1 aromatic heterocycles. The summed E-state index contributed by atoms with van der Waals surface area (Å²) < 4.78 is 2.20. The standard InChI is InChI=1S/C13H26N4/c1-5-6-9-17-11-8-14-13(17)15-12(2)7-10-16(3)4/h8,11-12H,5-7,9-10H2,1-4H3,(H,14,15). The van der Waals surface area contributed by atoms with Crippen molar-refractivity contribution in [3.63, 3.8) is 0 Å². The molecule has 0 aliphatic rings. The lowest BCUT2D eigenvalue weighted by atomic mass is 10.2. The minimum absolute atomic E-state index is 0.458. The lowest BCUT2D eigenvalue weighted by molar-refractivity contribution is 0.390. The molecule has 4 heteroatoms. The van der Waals surface area contributed by atoms with Crippen LogP contribution < -0.4 is 5.32 Å². The van der Waals surface area contributed by atoms with E-state index in [0.29, 0.717) is 6.04 Å². The maximum absolute atomic E-state index is 4.37. The molecule has 0 aliphatic heterocycles. The fourth-order valence-electron chi connectivity index (χ4n) is 1.70. The first kappa shape index (κ1) is 14.0. The average molecular weight is 238 g/mol. The van der Waals surface area contributed by atoms with Crippen molar-refractivity contribution >= 4 is 5.95 Å². The van der Waals surface area contributed by atoms with Crippen LogP contribution in [0.5, 0.6) is 0 Å². The maximum atomic E-state index is 4.37. The molecule has 1 aromatic rings. The summed E-state index contributed by atoms with van der Waals surface area (Å²) in [5.74, 6) is 1.00. The highest BCUT2D eigenvalue weighted by Gasteiger charge is 2.07. The Balaban J connectivity index is 2.41. The van der Waals surface area contributed by atoms with Gasteiger partial charge in [-0.15, -0.1) is 0 Å². The van der Waals surface area contributed by atoms with E-state index in [4.69, 9.17) is 0 Å². The van der Waals surface area contributed by atoms with Crippen LogP contribution in [0.1, 0.15) is 33.1 Å². The fraction of sp³-hybridized carbons (Fsp3) is 0.769. The predicted molar refractivity (Wildman–Crippen MR) is 73.4 cm³/mol. The first-order valence-corrected chi connectivity index (χ1v) is 6.56. The minimum Gasteiger partial charge on any atom is -0.353 e. The van der Waals surface area contributed by atoms with Gasteiger partial charge in [0.2, 0.25) is 5.95 Å². The van der Waals surface area contributed by atoms with Crippen LogP contribution in [0.3, 0.4) is 0 Å². The number of hydrogen-bond acceptors (Lipinski definition) is 3. The van der Waals surface area contributed by atoms with Gasteiger partial charge in [0.1, 0.15) is 0 Å². The van der Waals surface area contributed by atoms with Crippen molar-refractivity contribution in [1.82, 2.24) is 14.5 Å². The summed E-state index contributed by atoms with van der Waals surface area (Å²) in [7, 11) is 4.21. The third-order valence-electron chi connectivity index (χ3n) is 2.85. The van der Waals surface area contributed by atoms with E-state index in [-0.39, 0.29) is 0 Å². The number of nitrogens with one attached hydrogen (secondary N) is 1. The highest BCUT2D eigenvalue weighted by atomic mass is 15.2. The molecule has 0 saturated carbocycles. The lowest BCUT2D eigenvalue weighted by Gasteiger charge is -2.18. The molecule has 0 amide bonds. The molecule has 1 rings (SSSR count). The number of unbranched alkanes of at least 4 members (excludes halogenated alkanes) is 1. The molecule has 98 valence electrons. The number of rotatable bonds is 8. The van der Waals surface area contributed by atoms with E-state index in [1.165, 1.54) is 12.8 Å². The van der Waals surface area contributed by atoms with Crippen molar-refractivity contribution in [2.45, 2.75) is 45.7 Å². The van der Waals surface area contributed by atoms with Crippen LogP contribution in [0, 0.1) is 0 Å². The summed E-state index contributed by atoms with van der Waals surface area (Å²) in [6.07, 6.45) is 7.48. The molecule has 0 bridgehead atoms. The first-order chi connectivity index (χ1) is 8.13. The summed E-state index contributed by atoms with van der Waals surface area (Å²) in [5.41, 5.74) is 0. The van der Waals surface area contributed by atoms with Gasteiger partial charge in [-0.2, -0.15) is 0 Å². The highest BCUT2D eigenvalue weighted by Crippen LogP contribution is 2.09. The number of imidazole rings is 1. The van der Waals surface area contributed by atoms with Gasteiger partial charge < -0.3 is 14.8 Å². The summed E-state index contributed by atoms with van der Waals surface area (Å²) in [6, 6.07) is 0.458. The minimum atomic E-state index is 0.458. The molecule has 1 N–H and O–H groups in total. The lowest BCUT2D eigenvalue weighted by Crippen LogP contribution is -2.24. The van der Waals surface area contributed by atoms with Crippen molar-refractivity contribution in [2.75, 3.05) is 26.0 Å². The van der Waals surface area contributed by atoms with E-state index in [1.54, 1.807) is 0 Å². The van der Waals surface area contributed by atoms with Crippen LogP contribution in [0.15, 0.2) is 12.4 Å². The van der Waals surface area contributed by atoms with Crippen LogP contribution in [-0.2, 0) is 6.54 Å². The van der Waals surface area contributed by atoms with Gasteiger partial charge in [0, 0.05) is 25.0 Å². The zero-order chi connectivity index (χ0) is 12.7. The van der Waals surface area contributed by atoms with Crippen LogP contribution in [0.4, 0.5) is 5.95 Å². The molecule has 0 saturated heterocycles. The third-order valence-corrected chi connectivity index (χ3v) is 2.85. The molecule has 17 heavy (non-hydrogen) atoms. The van der Waals surface area contributed by atoms with E-state index < -0.39 is 0 Å². The number of aryl methyl sites for hydroxylation is 1. The normalized spacial score (nSPS) is 13.0. The molecular weight excluding hydrogens is 212 g/mol. The van der Waals surface area contributed by atoms with E-state index in [2.05, 4.69) is 53.9 Å². The van der Waals surface area contributed by atoms with Crippen LogP contribution in [-0.4, -0.2) is 41.1 Å². The van der Waals surface area contributed by atoms with Gasteiger partial charge in [-0.1, -0.05) is 13.3 Å². The molecule has 0 aromatic carbocycles. The largest absolute Gasteiger partial charge is 0.353 e. The predicted octanol–water partition coefficient (Wildman–Crippen LogP) is 2.44. The van der Waals surface area contributed by atoms with Crippen molar-refractivity contribution in [3.05, 3.63) is 12.4 Å². The Morgan fingerprint density at radius 1 is 1.47 bits per heavy atom. The number of hydrogen-bond donors (Lipinski definition) is 1. The van der Waals surface area contributed by atoms with Crippen molar-refractivity contribution < 1.29 is 0 Å². The second-order valence-corrected chi connectivity index (χ2v) is 4.94. The van der Waals surface area contributed by atoms with Gasteiger partial charge in [-0.05, 0) is 40.4 Å². The van der Waals surface area contributed by atoms with E-state index in [0.717, 1.165) is 25.5 Å². The molecule has 1 atom stereocenters. The van der Waals surface area contributed by atoms with E-state index >= 15 is 0 Å². The average Bonchev–Trinajstić information content (AvgIpc) is 2.71. The number of aromatic nitrogens is 2. The van der Waals surface area contributed by atoms with Crippen molar-refractivity contribution in [1.29, 1.82) is 0 Å². The summed E-state index contributed by atoms with van der Waals surface area (Å²) in [4.78, 5) is 6.58. The maximum Gasteiger partial charge on any atom is 0.202 e. The number of nitrogens with zero attached hydrogens (tertiary/aromatic N) is 3. The molecule has 0 aliphatic carbocycles. The SMILES string of the molecule is CCCCn1ccnc1NC(C)CCN(C)C. The second-order valence-electron chi connectivity index (χ2n) is 4.94. The van der Waals surface area contributed by atoms with Crippen LogP contribution >= 0.6 is 0 Å². The molecule has 0 fully saturated rings. The van der Waals surface area contributed by atoms with Gasteiger partial charge in [-0.3, -0.25) is 0 Å². The molecule has 4 nitrogen and oxygen atoms in total. The zero-order valence-electron chi connectivity index (χ0n) is 11.6. The molecular formula is C13H26N4. The Morgan fingerprint density at radius 2 is 2.24 bits per heavy atom. The van der Waals surface area contributed by atoms with Crippen molar-refractivity contribution in [2.24, 2.45) is 0 Å². The zero-order valence-corrected chi connectivity index (χ0v) is 11.6. The van der Waals surface area contributed by atoms with Gasteiger partial charge in [0.15, 0.2) is 0 Å². The Kier molecular flexibility index (Phi) is 6.05. The molecule has 1 heterocycles. The Morgan fingerprint density at radius 3 is 2.88 bits per heavy atom. The smallest absolute Gasteiger partial charge is 0.202 e. The topological polar surface area (TPSA) is 33.1 Å². The van der Waals surface area contributed by atoms with Gasteiger partial charge >= 0.3 is 0 Å². The van der Waals surface area contributed by atoms with Gasteiger partial charge in [-0.25, -0.2) is 4.98 Å². The summed E-state index contributed by atoms with van der Waals surface area (Å²) in [6.45, 7) is 6.58. The van der Waals surface area contributed by atoms with Crippen LogP contribution in [0.25, 0.3) is 0 Å². The summed E-state index contributed by atoms with van der Waals surface area (Å²) >= 11 is 0. The Hall–Kier alpha value is -1.03. The molecule has 0 spiro atoms. The molecule has 0 radical (unpaired) electrons. The monoisotopic (exact) mass is 238 g/mol. The highest BCUT2D eigenvalue weighted by molar-refractivity contribution is 5.27. The fourth-order valence-corrected chi connectivity index (χ4v) is 1.70. The van der Waals surface area contributed by atoms with Crippen LogP contribution in [0.2, 0.25) is 0 Å². The third kappa shape index (κ3) is 5.22.